The molecule has 1 aliphatic heterocycles. The smallest absolute Gasteiger partial charge is 0.274 e. The number of anilines is 1. The molecule has 0 radical (unpaired) electrons. The molecule has 2 aromatic heterocycles. The molecule has 3 heterocycles. The SMILES string of the molecule is Cc1cnc(C(=O)NCc2ccc(N3CC(C)OC(C)C3)nc2)c(O)c1. The third kappa shape index (κ3) is 4.29. The lowest BCUT2D eigenvalue weighted by atomic mass is 10.2. The molecule has 0 spiro atoms. The van der Waals surface area contributed by atoms with Gasteiger partial charge in [0.1, 0.15) is 11.6 Å². The molecule has 0 saturated carbocycles. The summed E-state index contributed by atoms with van der Waals surface area (Å²) in [6.07, 6.45) is 3.65. The van der Waals surface area contributed by atoms with E-state index in [0.717, 1.165) is 30.0 Å². The van der Waals surface area contributed by atoms with Crippen LogP contribution in [0.4, 0.5) is 5.82 Å². The van der Waals surface area contributed by atoms with Crippen molar-refractivity contribution >= 4 is 11.7 Å². The van der Waals surface area contributed by atoms with Crippen LogP contribution in [0.15, 0.2) is 30.6 Å². The summed E-state index contributed by atoms with van der Waals surface area (Å²) in [5.74, 6) is 0.369. The van der Waals surface area contributed by atoms with Crippen LogP contribution in [0, 0.1) is 6.92 Å². The second kappa shape index (κ2) is 7.70. The number of nitrogens with one attached hydrogen (secondary N) is 1. The van der Waals surface area contributed by atoms with Crippen LogP contribution < -0.4 is 10.2 Å². The molecule has 3 rings (SSSR count). The summed E-state index contributed by atoms with van der Waals surface area (Å²) in [6, 6.07) is 5.41. The van der Waals surface area contributed by atoms with Crippen LogP contribution in [0.2, 0.25) is 0 Å². The first-order valence-electron chi connectivity index (χ1n) is 8.71. The van der Waals surface area contributed by atoms with E-state index in [2.05, 4.69) is 34.0 Å². The Labute approximate surface area is 153 Å². The van der Waals surface area contributed by atoms with Crippen molar-refractivity contribution in [1.29, 1.82) is 0 Å². The van der Waals surface area contributed by atoms with E-state index in [1.165, 1.54) is 6.07 Å². The second-order valence-electron chi connectivity index (χ2n) is 6.75. The lowest BCUT2D eigenvalue weighted by Crippen LogP contribution is -2.45. The number of aromatic hydroxyl groups is 1. The predicted octanol–water partition coefficient (Wildman–Crippen LogP) is 2.03. The number of carbonyl (C=O) groups excluding carboxylic acids is 1. The number of hydrogen-bond acceptors (Lipinski definition) is 6. The number of aromatic nitrogens is 2. The van der Waals surface area contributed by atoms with E-state index in [1.807, 2.05) is 12.1 Å². The molecule has 2 N–H and O–H groups in total. The number of nitrogens with zero attached hydrogens (tertiary/aromatic N) is 3. The Morgan fingerprint density at radius 3 is 2.62 bits per heavy atom. The first-order chi connectivity index (χ1) is 12.4. The number of aryl methyl sites for hydroxylation is 1. The summed E-state index contributed by atoms with van der Waals surface area (Å²) < 4.78 is 5.74. The topological polar surface area (TPSA) is 87.6 Å². The quantitative estimate of drug-likeness (QED) is 0.872. The molecule has 1 saturated heterocycles. The van der Waals surface area contributed by atoms with Gasteiger partial charge in [0.05, 0.1) is 12.2 Å². The van der Waals surface area contributed by atoms with Crippen LogP contribution in [0.25, 0.3) is 0 Å². The summed E-state index contributed by atoms with van der Waals surface area (Å²) in [7, 11) is 0. The highest BCUT2D eigenvalue weighted by Crippen LogP contribution is 2.19. The van der Waals surface area contributed by atoms with Gasteiger partial charge in [0, 0.05) is 32.0 Å². The van der Waals surface area contributed by atoms with E-state index in [0.29, 0.717) is 6.54 Å². The maximum Gasteiger partial charge on any atom is 0.274 e. The van der Waals surface area contributed by atoms with Crippen LogP contribution in [0.1, 0.15) is 35.5 Å². The molecule has 7 nitrogen and oxygen atoms in total. The molecule has 0 aromatic carbocycles. The van der Waals surface area contributed by atoms with Crippen molar-refractivity contribution in [2.75, 3.05) is 18.0 Å². The molecule has 7 heteroatoms. The first kappa shape index (κ1) is 18.1. The summed E-state index contributed by atoms with van der Waals surface area (Å²) in [5, 5.41) is 12.6. The lowest BCUT2D eigenvalue weighted by Gasteiger charge is -2.36. The van der Waals surface area contributed by atoms with Crippen molar-refractivity contribution in [3.05, 3.63) is 47.4 Å². The maximum atomic E-state index is 12.2. The summed E-state index contributed by atoms with van der Waals surface area (Å²) >= 11 is 0. The summed E-state index contributed by atoms with van der Waals surface area (Å²) in [5.41, 5.74) is 1.70. The Hall–Kier alpha value is -2.67. The summed E-state index contributed by atoms with van der Waals surface area (Å²) in [6.45, 7) is 7.86. The molecule has 138 valence electrons. The van der Waals surface area contributed by atoms with E-state index in [1.54, 1.807) is 19.3 Å². The number of carbonyl (C=O) groups is 1. The highest BCUT2D eigenvalue weighted by atomic mass is 16.5. The van der Waals surface area contributed by atoms with Gasteiger partial charge >= 0.3 is 0 Å². The number of amides is 1. The van der Waals surface area contributed by atoms with E-state index >= 15 is 0 Å². The lowest BCUT2D eigenvalue weighted by molar-refractivity contribution is -0.00546. The fraction of sp³-hybridized carbons (Fsp3) is 0.421. The molecule has 1 aliphatic rings. The highest BCUT2D eigenvalue weighted by molar-refractivity contribution is 5.94. The molecule has 2 unspecified atom stereocenters. The minimum atomic E-state index is -0.414. The molecule has 0 aliphatic carbocycles. The van der Waals surface area contributed by atoms with Crippen molar-refractivity contribution < 1.29 is 14.6 Å². The standard InChI is InChI=1S/C19H24N4O3/c1-12-6-16(24)18(21-7-12)19(25)22-9-15-4-5-17(20-8-15)23-10-13(2)26-14(3)11-23/h4-8,13-14,24H,9-11H2,1-3H3,(H,22,25). The minimum Gasteiger partial charge on any atom is -0.505 e. The van der Waals surface area contributed by atoms with Crippen LogP contribution in [0.3, 0.4) is 0 Å². The predicted molar refractivity (Wildman–Crippen MR) is 98.3 cm³/mol. The second-order valence-corrected chi connectivity index (χ2v) is 6.75. The van der Waals surface area contributed by atoms with Gasteiger partial charge in [-0.15, -0.1) is 0 Å². The molecule has 26 heavy (non-hydrogen) atoms. The van der Waals surface area contributed by atoms with Crippen molar-refractivity contribution in [1.82, 2.24) is 15.3 Å². The van der Waals surface area contributed by atoms with Crippen LogP contribution in [-0.2, 0) is 11.3 Å². The molecule has 2 aromatic rings. The van der Waals surface area contributed by atoms with Gasteiger partial charge in [-0.1, -0.05) is 6.07 Å². The first-order valence-corrected chi connectivity index (χ1v) is 8.71. The van der Waals surface area contributed by atoms with Crippen LogP contribution >= 0.6 is 0 Å². The van der Waals surface area contributed by atoms with Crippen molar-refractivity contribution in [2.45, 2.75) is 39.5 Å². The molecule has 1 amide bonds. The fourth-order valence-electron chi connectivity index (χ4n) is 3.07. The number of pyridine rings is 2. The number of hydrogen-bond donors (Lipinski definition) is 2. The molecular weight excluding hydrogens is 332 g/mol. The Bertz CT molecular complexity index is 769. The monoisotopic (exact) mass is 356 g/mol. The van der Waals surface area contributed by atoms with Gasteiger partial charge in [-0.3, -0.25) is 4.79 Å². The van der Waals surface area contributed by atoms with Gasteiger partial charge in [-0.25, -0.2) is 9.97 Å². The van der Waals surface area contributed by atoms with Crippen molar-refractivity contribution in [3.8, 4) is 5.75 Å². The largest absolute Gasteiger partial charge is 0.505 e. The molecule has 1 fully saturated rings. The van der Waals surface area contributed by atoms with Crippen molar-refractivity contribution in [3.63, 3.8) is 0 Å². The molecule has 2 atom stereocenters. The zero-order valence-corrected chi connectivity index (χ0v) is 15.3. The van der Waals surface area contributed by atoms with Gasteiger partial charge in [0.25, 0.3) is 5.91 Å². The van der Waals surface area contributed by atoms with E-state index in [4.69, 9.17) is 4.74 Å². The number of rotatable bonds is 4. The van der Waals surface area contributed by atoms with Crippen LogP contribution in [0.5, 0.6) is 5.75 Å². The van der Waals surface area contributed by atoms with Gasteiger partial charge < -0.3 is 20.1 Å². The third-order valence-electron chi connectivity index (χ3n) is 4.23. The Morgan fingerprint density at radius 2 is 2.00 bits per heavy atom. The molecular formula is C19H24N4O3. The Balaban J connectivity index is 1.60. The highest BCUT2D eigenvalue weighted by Gasteiger charge is 2.23. The average molecular weight is 356 g/mol. The van der Waals surface area contributed by atoms with Gasteiger partial charge in [0.15, 0.2) is 5.69 Å². The Kier molecular flexibility index (Phi) is 5.37. The van der Waals surface area contributed by atoms with E-state index < -0.39 is 5.91 Å². The normalized spacial score (nSPS) is 20.0. The van der Waals surface area contributed by atoms with Gasteiger partial charge in [-0.05, 0) is 44.0 Å². The Morgan fingerprint density at radius 1 is 1.27 bits per heavy atom. The summed E-state index contributed by atoms with van der Waals surface area (Å²) in [4.78, 5) is 22.9. The van der Waals surface area contributed by atoms with Gasteiger partial charge in [-0.2, -0.15) is 0 Å². The van der Waals surface area contributed by atoms with Crippen molar-refractivity contribution in [2.24, 2.45) is 0 Å². The van der Waals surface area contributed by atoms with Crippen LogP contribution in [-0.4, -0.2) is 46.3 Å². The molecule has 0 bridgehead atoms. The van der Waals surface area contributed by atoms with E-state index in [9.17, 15) is 9.90 Å². The fourth-order valence-corrected chi connectivity index (χ4v) is 3.07. The third-order valence-corrected chi connectivity index (χ3v) is 4.23. The zero-order chi connectivity index (χ0) is 18.7. The number of ether oxygens (including phenoxy) is 1. The number of morpholine rings is 1. The minimum absolute atomic E-state index is 0.0245. The van der Waals surface area contributed by atoms with Gasteiger partial charge in [0.2, 0.25) is 0 Å². The zero-order valence-electron chi connectivity index (χ0n) is 15.3. The maximum absolute atomic E-state index is 12.2. The average Bonchev–Trinajstić information content (AvgIpc) is 2.59. The van der Waals surface area contributed by atoms with E-state index in [-0.39, 0.29) is 23.7 Å².